The first-order valence-corrected chi connectivity index (χ1v) is 9.06. The summed E-state index contributed by atoms with van der Waals surface area (Å²) >= 11 is 0. The summed E-state index contributed by atoms with van der Waals surface area (Å²) in [5.74, 6) is 0.0164. The molecule has 0 amide bonds. The van der Waals surface area contributed by atoms with E-state index in [0.29, 0.717) is 5.69 Å². The third-order valence-electron chi connectivity index (χ3n) is 4.26. The summed E-state index contributed by atoms with van der Waals surface area (Å²) in [6, 6.07) is 7.20. The minimum Gasteiger partial charge on any atom is -0.399 e. The number of likely N-dealkylation sites (tertiary alicyclic amines) is 1. The molecule has 6 heteroatoms. The maximum absolute atomic E-state index is 12.5. The van der Waals surface area contributed by atoms with Crippen LogP contribution < -0.4 is 5.73 Å². The fraction of sp³-hybridized carbons (Fsp3) is 0.600. The Balaban J connectivity index is 2.02. The van der Waals surface area contributed by atoms with Crippen molar-refractivity contribution >= 4 is 15.7 Å². The third-order valence-corrected chi connectivity index (χ3v) is 6.13. The van der Waals surface area contributed by atoms with Crippen molar-refractivity contribution < 1.29 is 8.42 Å². The number of hydrogen-bond acceptors (Lipinski definition) is 4. The molecule has 1 saturated heterocycles. The SMILES string of the molecule is CCN1CCC(N(C)S(=O)(=O)Cc2cccc(N)c2)CC1. The van der Waals surface area contributed by atoms with Gasteiger partial charge in [0.2, 0.25) is 10.0 Å². The van der Waals surface area contributed by atoms with E-state index in [1.807, 2.05) is 0 Å². The van der Waals surface area contributed by atoms with Crippen molar-refractivity contribution in [3.05, 3.63) is 29.8 Å². The molecule has 0 spiro atoms. The van der Waals surface area contributed by atoms with Gasteiger partial charge in [0.15, 0.2) is 0 Å². The lowest BCUT2D eigenvalue weighted by Gasteiger charge is -2.35. The van der Waals surface area contributed by atoms with E-state index in [0.717, 1.165) is 38.0 Å². The fourth-order valence-corrected chi connectivity index (χ4v) is 4.29. The van der Waals surface area contributed by atoms with Crippen LogP contribution in [0.4, 0.5) is 5.69 Å². The van der Waals surface area contributed by atoms with Gasteiger partial charge in [0, 0.05) is 18.8 Å². The molecule has 0 bridgehead atoms. The van der Waals surface area contributed by atoms with Crippen LogP contribution in [-0.4, -0.2) is 50.3 Å². The largest absolute Gasteiger partial charge is 0.399 e. The zero-order chi connectivity index (χ0) is 15.5. The molecule has 2 rings (SSSR count). The maximum Gasteiger partial charge on any atom is 0.218 e. The summed E-state index contributed by atoms with van der Waals surface area (Å²) < 4.78 is 26.6. The molecule has 1 aromatic rings. The number of sulfonamides is 1. The van der Waals surface area contributed by atoms with Crippen molar-refractivity contribution in [3.8, 4) is 0 Å². The standard InChI is InChI=1S/C15H25N3O2S/c1-3-18-9-7-15(8-10-18)17(2)21(19,20)12-13-5-4-6-14(16)11-13/h4-6,11,15H,3,7-10,12,16H2,1-2H3. The zero-order valence-corrected chi connectivity index (χ0v) is 13.6. The molecule has 1 fully saturated rings. The molecule has 1 aromatic carbocycles. The highest BCUT2D eigenvalue weighted by Crippen LogP contribution is 2.20. The Hall–Kier alpha value is -1.11. The molecular formula is C15H25N3O2S. The van der Waals surface area contributed by atoms with E-state index in [1.54, 1.807) is 35.6 Å². The average Bonchev–Trinajstić information content (AvgIpc) is 2.46. The summed E-state index contributed by atoms with van der Waals surface area (Å²) in [7, 11) is -1.59. The van der Waals surface area contributed by atoms with Crippen molar-refractivity contribution in [3.63, 3.8) is 0 Å². The minimum absolute atomic E-state index is 0.0164. The second-order valence-corrected chi connectivity index (χ2v) is 7.71. The van der Waals surface area contributed by atoms with Gasteiger partial charge in [0.1, 0.15) is 0 Å². The number of rotatable bonds is 5. The van der Waals surface area contributed by atoms with Crippen LogP contribution in [0.1, 0.15) is 25.3 Å². The monoisotopic (exact) mass is 311 g/mol. The van der Waals surface area contributed by atoms with Crippen LogP contribution >= 0.6 is 0 Å². The Morgan fingerprint density at radius 1 is 1.33 bits per heavy atom. The highest BCUT2D eigenvalue weighted by Gasteiger charge is 2.29. The van der Waals surface area contributed by atoms with Crippen LogP contribution in [0.15, 0.2) is 24.3 Å². The average molecular weight is 311 g/mol. The first-order valence-electron chi connectivity index (χ1n) is 7.45. The van der Waals surface area contributed by atoms with Gasteiger partial charge in [-0.2, -0.15) is 0 Å². The molecule has 0 atom stereocenters. The van der Waals surface area contributed by atoms with Gasteiger partial charge in [0.25, 0.3) is 0 Å². The number of nitrogen functional groups attached to an aromatic ring is 1. The Bertz CT molecular complexity index is 566. The Labute approximate surface area is 127 Å². The number of nitrogens with two attached hydrogens (primary N) is 1. The van der Waals surface area contributed by atoms with Gasteiger partial charge in [-0.15, -0.1) is 0 Å². The van der Waals surface area contributed by atoms with Gasteiger partial charge in [-0.25, -0.2) is 12.7 Å². The molecule has 2 N–H and O–H groups in total. The van der Waals surface area contributed by atoms with Crippen molar-refractivity contribution in [2.75, 3.05) is 32.4 Å². The van der Waals surface area contributed by atoms with Crippen LogP contribution in [0.3, 0.4) is 0 Å². The van der Waals surface area contributed by atoms with E-state index in [-0.39, 0.29) is 11.8 Å². The van der Waals surface area contributed by atoms with Crippen molar-refractivity contribution in [2.24, 2.45) is 0 Å². The van der Waals surface area contributed by atoms with E-state index in [4.69, 9.17) is 5.73 Å². The normalized spacial score (nSPS) is 18.2. The van der Waals surface area contributed by atoms with Gasteiger partial charge in [-0.1, -0.05) is 19.1 Å². The smallest absolute Gasteiger partial charge is 0.218 e. The van der Waals surface area contributed by atoms with Crippen LogP contribution in [-0.2, 0) is 15.8 Å². The topological polar surface area (TPSA) is 66.6 Å². The summed E-state index contributed by atoms with van der Waals surface area (Å²) in [5, 5.41) is 0. The van der Waals surface area contributed by atoms with Gasteiger partial charge in [-0.05, 0) is 50.2 Å². The van der Waals surface area contributed by atoms with E-state index in [1.165, 1.54) is 0 Å². The van der Waals surface area contributed by atoms with E-state index >= 15 is 0 Å². The van der Waals surface area contributed by atoms with Crippen LogP contribution in [0.2, 0.25) is 0 Å². The van der Waals surface area contributed by atoms with E-state index in [9.17, 15) is 8.42 Å². The van der Waals surface area contributed by atoms with E-state index in [2.05, 4.69) is 11.8 Å². The molecular weight excluding hydrogens is 286 g/mol. The number of benzene rings is 1. The number of piperidine rings is 1. The molecule has 1 aliphatic heterocycles. The first kappa shape index (κ1) is 16.3. The lowest BCUT2D eigenvalue weighted by Crippen LogP contribution is -2.45. The summed E-state index contributed by atoms with van der Waals surface area (Å²) in [6.45, 7) is 5.12. The summed E-state index contributed by atoms with van der Waals surface area (Å²) in [4.78, 5) is 2.36. The Morgan fingerprint density at radius 2 is 2.00 bits per heavy atom. The van der Waals surface area contributed by atoms with Gasteiger partial charge in [0.05, 0.1) is 5.75 Å². The van der Waals surface area contributed by atoms with Crippen LogP contribution in [0.25, 0.3) is 0 Å². The zero-order valence-electron chi connectivity index (χ0n) is 12.8. The van der Waals surface area contributed by atoms with E-state index < -0.39 is 10.0 Å². The summed E-state index contributed by atoms with van der Waals surface area (Å²) in [5.41, 5.74) is 7.06. The number of hydrogen-bond donors (Lipinski definition) is 1. The molecule has 0 aliphatic carbocycles. The van der Waals surface area contributed by atoms with Gasteiger partial charge < -0.3 is 10.6 Å². The number of anilines is 1. The van der Waals surface area contributed by atoms with Crippen LogP contribution in [0, 0.1) is 0 Å². The Kier molecular flexibility index (Phi) is 5.24. The predicted molar refractivity (Wildman–Crippen MR) is 86.4 cm³/mol. The van der Waals surface area contributed by atoms with Crippen molar-refractivity contribution in [2.45, 2.75) is 31.6 Å². The Morgan fingerprint density at radius 3 is 2.57 bits per heavy atom. The van der Waals surface area contributed by atoms with Gasteiger partial charge in [-0.3, -0.25) is 0 Å². The predicted octanol–water partition coefficient (Wildman–Crippen LogP) is 1.51. The second-order valence-electron chi connectivity index (χ2n) is 5.68. The molecule has 1 heterocycles. The maximum atomic E-state index is 12.5. The number of nitrogens with zero attached hydrogens (tertiary/aromatic N) is 2. The third kappa shape index (κ3) is 4.18. The quantitative estimate of drug-likeness (QED) is 0.837. The minimum atomic E-state index is -3.29. The lowest BCUT2D eigenvalue weighted by atomic mass is 10.1. The molecule has 118 valence electrons. The molecule has 0 unspecified atom stereocenters. The molecule has 21 heavy (non-hydrogen) atoms. The highest BCUT2D eigenvalue weighted by molar-refractivity contribution is 7.88. The van der Waals surface area contributed by atoms with Crippen molar-refractivity contribution in [1.82, 2.24) is 9.21 Å². The molecule has 0 radical (unpaired) electrons. The molecule has 5 nitrogen and oxygen atoms in total. The van der Waals surface area contributed by atoms with Crippen LogP contribution in [0.5, 0.6) is 0 Å². The molecule has 1 aliphatic rings. The second kappa shape index (κ2) is 6.77. The fourth-order valence-electron chi connectivity index (χ4n) is 2.82. The molecule has 0 saturated carbocycles. The van der Waals surface area contributed by atoms with Gasteiger partial charge >= 0.3 is 0 Å². The first-order chi connectivity index (χ1) is 9.92. The lowest BCUT2D eigenvalue weighted by molar-refractivity contribution is 0.176. The van der Waals surface area contributed by atoms with Crippen molar-refractivity contribution in [1.29, 1.82) is 0 Å². The summed E-state index contributed by atoms with van der Waals surface area (Å²) in [6.07, 6.45) is 1.81. The molecule has 0 aromatic heterocycles. The highest BCUT2D eigenvalue weighted by atomic mass is 32.2.